The third kappa shape index (κ3) is 6.79. The predicted octanol–water partition coefficient (Wildman–Crippen LogP) is -0.115. The SMILES string of the molecule is CCn1c(CNC(=O)c2nc3cc[nH]c3nc2N)[n+](CC)c2ccc(C(=O)N3CCC(NC(=O)OC(C)(C)C)CC3)cc21.[Br-]. The topological polar surface area (TPSA) is 164 Å². The predicted molar refractivity (Wildman–Crippen MR) is 161 cm³/mol. The average Bonchev–Trinajstić information content (AvgIpc) is 3.54. The molecule has 1 saturated heterocycles. The van der Waals surface area contributed by atoms with Crippen LogP contribution in [0.15, 0.2) is 30.5 Å². The minimum absolute atomic E-state index is 0. The zero-order chi connectivity index (χ0) is 30.9. The number of aromatic nitrogens is 5. The molecule has 0 unspecified atom stereocenters. The van der Waals surface area contributed by atoms with E-state index in [4.69, 9.17) is 10.5 Å². The molecule has 0 radical (unpaired) electrons. The molecule has 0 atom stereocenters. The molecule has 5 rings (SSSR count). The number of nitrogen functional groups attached to an aromatic ring is 1. The molecule has 0 saturated carbocycles. The Labute approximate surface area is 266 Å². The lowest BCUT2D eigenvalue weighted by molar-refractivity contribution is -0.676. The van der Waals surface area contributed by atoms with E-state index in [1.165, 1.54) is 0 Å². The van der Waals surface area contributed by atoms with Crippen LogP contribution in [0.1, 0.15) is 74.1 Å². The molecule has 0 bridgehead atoms. The smallest absolute Gasteiger partial charge is 0.407 e. The lowest BCUT2D eigenvalue weighted by Crippen LogP contribution is -3.00. The number of H-pyrrole nitrogens is 1. The number of ether oxygens (including phenoxy) is 1. The van der Waals surface area contributed by atoms with Crippen LogP contribution in [0.4, 0.5) is 10.6 Å². The summed E-state index contributed by atoms with van der Waals surface area (Å²) in [5, 5.41) is 5.87. The first kappa shape index (κ1) is 32.7. The van der Waals surface area contributed by atoms with Crippen LogP contribution in [0.2, 0.25) is 0 Å². The van der Waals surface area contributed by atoms with E-state index in [0.717, 1.165) is 16.9 Å². The Kier molecular flexibility index (Phi) is 9.81. The molecule has 1 aromatic carbocycles. The Balaban J connectivity index is 0.00000442. The number of nitrogens with two attached hydrogens (primary N) is 1. The van der Waals surface area contributed by atoms with Crippen LogP contribution in [0, 0.1) is 0 Å². The molecule has 0 spiro atoms. The summed E-state index contributed by atoms with van der Waals surface area (Å²) >= 11 is 0. The zero-order valence-electron chi connectivity index (χ0n) is 25.7. The Hall–Kier alpha value is -4.20. The van der Waals surface area contributed by atoms with Crippen LogP contribution in [0.5, 0.6) is 0 Å². The fraction of sp³-hybridized carbons (Fsp3) is 0.467. The molecule has 1 fully saturated rings. The molecule has 14 heteroatoms. The largest absolute Gasteiger partial charge is 1.00 e. The summed E-state index contributed by atoms with van der Waals surface area (Å²) in [4.78, 5) is 52.1. The number of fused-ring (bicyclic) bond motifs is 2. The van der Waals surface area contributed by atoms with Crippen LogP contribution in [0.3, 0.4) is 0 Å². The van der Waals surface area contributed by atoms with Gasteiger partial charge in [-0.2, -0.15) is 0 Å². The number of carbonyl (C=O) groups is 3. The van der Waals surface area contributed by atoms with Crippen molar-refractivity contribution < 1.29 is 40.7 Å². The number of halogens is 1. The first-order chi connectivity index (χ1) is 20.5. The van der Waals surface area contributed by atoms with E-state index in [-0.39, 0.29) is 47.0 Å². The summed E-state index contributed by atoms with van der Waals surface area (Å²) < 4.78 is 9.61. The van der Waals surface area contributed by atoms with Crippen molar-refractivity contribution in [2.24, 2.45) is 0 Å². The van der Waals surface area contributed by atoms with Gasteiger partial charge in [-0.05, 0) is 65.7 Å². The van der Waals surface area contributed by atoms with Gasteiger partial charge >= 0.3 is 6.09 Å². The molecule has 44 heavy (non-hydrogen) atoms. The normalized spacial score (nSPS) is 14.0. The lowest BCUT2D eigenvalue weighted by atomic mass is 10.0. The maximum atomic E-state index is 13.5. The van der Waals surface area contributed by atoms with Gasteiger partial charge in [-0.15, -0.1) is 0 Å². The fourth-order valence-electron chi connectivity index (χ4n) is 5.60. The number of piperidine rings is 1. The van der Waals surface area contributed by atoms with E-state index < -0.39 is 17.6 Å². The van der Waals surface area contributed by atoms with Crippen LogP contribution in [0.25, 0.3) is 22.2 Å². The van der Waals surface area contributed by atoms with Gasteiger partial charge in [0.25, 0.3) is 17.6 Å². The number of carbonyl (C=O) groups excluding carboxylic acids is 3. The van der Waals surface area contributed by atoms with Crippen molar-refractivity contribution in [1.29, 1.82) is 0 Å². The third-order valence-electron chi connectivity index (χ3n) is 7.60. The molecule has 1 aliphatic rings. The molecule has 3 aromatic heterocycles. The van der Waals surface area contributed by atoms with E-state index in [2.05, 4.69) is 34.7 Å². The van der Waals surface area contributed by atoms with Crippen molar-refractivity contribution in [3.05, 3.63) is 47.5 Å². The minimum atomic E-state index is -0.558. The fourth-order valence-corrected chi connectivity index (χ4v) is 5.60. The van der Waals surface area contributed by atoms with E-state index in [0.29, 0.717) is 55.7 Å². The average molecular weight is 671 g/mol. The summed E-state index contributed by atoms with van der Waals surface area (Å²) in [6.45, 7) is 12.2. The van der Waals surface area contributed by atoms with Crippen LogP contribution >= 0.6 is 0 Å². The first-order valence-corrected chi connectivity index (χ1v) is 14.7. The lowest BCUT2D eigenvalue weighted by Gasteiger charge is -2.33. The quantitative estimate of drug-likeness (QED) is 0.199. The van der Waals surface area contributed by atoms with Gasteiger partial charge in [-0.3, -0.25) is 9.59 Å². The number of aryl methyl sites for hydroxylation is 2. The summed E-state index contributed by atoms with van der Waals surface area (Å²) in [5.41, 5.74) is 9.10. The number of nitrogens with zero attached hydrogens (tertiary/aromatic N) is 5. The number of benzene rings is 1. The molecular formula is C30H40BrN9O4. The van der Waals surface area contributed by atoms with Crippen molar-refractivity contribution in [3.8, 4) is 0 Å². The second kappa shape index (κ2) is 13.2. The number of alkyl carbamates (subject to hydrolysis) is 1. The third-order valence-corrected chi connectivity index (χ3v) is 7.60. The van der Waals surface area contributed by atoms with E-state index in [1.807, 2.05) is 57.7 Å². The van der Waals surface area contributed by atoms with Gasteiger partial charge in [0.2, 0.25) is 0 Å². The standard InChI is InChI=1S/C30H39N9O4.BrH/c1-6-38-21-9-8-18(28(41)37-14-11-19(12-15-37)34-29(42)43-30(3,4)5)16-22(21)39(7-2)23(38)17-33-27(40)24-25(31)36-26-20(35-24)10-13-32-26;/h8-10,13,16,19H,6-7,11-12,14-15,17H2,1-5H3,(H4-,31,32,33,34,35,36,40,42);1H. The zero-order valence-corrected chi connectivity index (χ0v) is 27.3. The molecule has 3 amide bonds. The Morgan fingerprint density at radius 3 is 2.52 bits per heavy atom. The Bertz CT molecular complexity index is 1680. The van der Waals surface area contributed by atoms with Gasteiger partial charge in [0.1, 0.15) is 17.7 Å². The second-order valence-electron chi connectivity index (χ2n) is 11.7. The van der Waals surface area contributed by atoms with E-state index in [1.54, 1.807) is 12.3 Å². The number of rotatable bonds is 7. The molecule has 4 aromatic rings. The number of hydrogen-bond donors (Lipinski definition) is 4. The number of aromatic amines is 1. The van der Waals surface area contributed by atoms with Gasteiger partial charge in [0.15, 0.2) is 28.2 Å². The van der Waals surface area contributed by atoms with Crippen molar-refractivity contribution >= 4 is 45.9 Å². The summed E-state index contributed by atoms with van der Waals surface area (Å²) in [5.74, 6) is 0.485. The summed E-state index contributed by atoms with van der Waals surface area (Å²) in [6.07, 6.45) is 2.58. The molecule has 0 aliphatic carbocycles. The maximum absolute atomic E-state index is 13.5. The Morgan fingerprint density at radius 1 is 1.14 bits per heavy atom. The second-order valence-corrected chi connectivity index (χ2v) is 11.7. The highest BCUT2D eigenvalue weighted by molar-refractivity contribution is 5.98. The van der Waals surface area contributed by atoms with Crippen LogP contribution in [-0.4, -0.2) is 67.1 Å². The first-order valence-electron chi connectivity index (χ1n) is 14.7. The number of hydrogen-bond acceptors (Lipinski definition) is 7. The molecular weight excluding hydrogens is 630 g/mol. The van der Waals surface area contributed by atoms with Crippen molar-refractivity contribution in [1.82, 2.24) is 35.1 Å². The minimum Gasteiger partial charge on any atom is -1.00 e. The number of amides is 3. The van der Waals surface area contributed by atoms with E-state index in [9.17, 15) is 14.4 Å². The highest BCUT2D eigenvalue weighted by Gasteiger charge is 2.29. The molecule has 13 nitrogen and oxygen atoms in total. The maximum Gasteiger partial charge on any atom is 0.407 e. The van der Waals surface area contributed by atoms with Gasteiger partial charge in [0, 0.05) is 37.0 Å². The van der Waals surface area contributed by atoms with Gasteiger partial charge in [-0.1, -0.05) is 0 Å². The van der Waals surface area contributed by atoms with Gasteiger partial charge < -0.3 is 48.0 Å². The number of nitrogens with one attached hydrogen (secondary N) is 3. The number of imidazole rings is 1. The van der Waals surface area contributed by atoms with E-state index >= 15 is 0 Å². The molecule has 4 heterocycles. The molecule has 5 N–H and O–H groups in total. The van der Waals surface area contributed by atoms with Crippen LogP contribution in [-0.2, 0) is 24.4 Å². The Morgan fingerprint density at radius 2 is 1.86 bits per heavy atom. The monoisotopic (exact) mass is 669 g/mol. The molecule has 1 aliphatic heterocycles. The highest BCUT2D eigenvalue weighted by atomic mass is 79.9. The highest BCUT2D eigenvalue weighted by Crippen LogP contribution is 2.21. The van der Waals surface area contributed by atoms with Crippen molar-refractivity contribution in [3.63, 3.8) is 0 Å². The molecule has 236 valence electrons. The van der Waals surface area contributed by atoms with Crippen molar-refractivity contribution in [2.75, 3.05) is 18.8 Å². The van der Waals surface area contributed by atoms with Crippen molar-refractivity contribution in [2.45, 2.75) is 78.7 Å². The van der Waals surface area contributed by atoms with Gasteiger partial charge in [-0.25, -0.2) is 23.9 Å². The number of anilines is 1. The summed E-state index contributed by atoms with van der Waals surface area (Å²) in [6, 6.07) is 7.44. The summed E-state index contributed by atoms with van der Waals surface area (Å²) in [7, 11) is 0. The number of likely N-dealkylation sites (tertiary alicyclic amines) is 1. The van der Waals surface area contributed by atoms with Gasteiger partial charge in [0.05, 0.1) is 13.1 Å². The van der Waals surface area contributed by atoms with Crippen LogP contribution < -0.4 is 37.9 Å².